The van der Waals surface area contributed by atoms with Crippen molar-refractivity contribution in [3.8, 4) is 0 Å². The number of epoxide rings is 1. The van der Waals surface area contributed by atoms with Gasteiger partial charge < -0.3 is 9.47 Å². The average molecular weight is 126 g/mol. The van der Waals surface area contributed by atoms with Gasteiger partial charge in [-0.1, -0.05) is 12.2 Å². The van der Waals surface area contributed by atoms with Crippen LogP contribution in [0.2, 0.25) is 0 Å². The molecular weight excluding hydrogens is 116 g/mol. The fraction of sp³-hybridized carbons (Fsp3) is 0.714. The average Bonchev–Trinajstić information content (AvgIpc) is 2.43. The quantitative estimate of drug-likeness (QED) is 0.358. The largest absolute Gasteiger partial charge is 0.346 e. The zero-order valence-corrected chi connectivity index (χ0v) is 5.41. The van der Waals surface area contributed by atoms with Crippen LogP contribution in [0.5, 0.6) is 0 Å². The van der Waals surface area contributed by atoms with E-state index in [0.29, 0.717) is 6.10 Å². The fourth-order valence-electron chi connectivity index (χ4n) is 1.04. The van der Waals surface area contributed by atoms with Crippen LogP contribution in [0.4, 0.5) is 0 Å². The van der Waals surface area contributed by atoms with Crippen LogP contribution in [-0.2, 0) is 9.47 Å². The van der Waals surface area contributed by atoms with E-state index in [4.69, 9.17) is 9.47 Å². The molecule has 0 aromatic rings. The van der Waals surface area contributed by atoms with E-state index in [2.05, 4.69) is 19.1 Å². The van der Waals surface area contributed by atoms with E-state index < -0.39 is 0 Å². The maximum absolute atomic E-state index is 5.40. The van der Waals surface area contributed by atoms with Crippen LogP contribution in [0.25, 0.3) is 0 Å². The third-order valence-corrected chi connectivity index (χ3v) is 1.64. The zero-order valence-electron chi connectivity index (χ0n) is 5.41. The Labute approximate surface area is 54.5 Å². The molecule has 0 aromatic heterocycles. The summed E-state index contributed by atoms with van der Waals surface area (Å²) in [5.41, 5.74) is 0. The minimum absolute atomic E-state index is 0.0822. The van der Waals surface area contributed by atoms with Gasteiger partial charge in [-0.25, -0.2) is 0 Å². The Morgan fingerprint density at radius 1 is 1.44 bits per heavy atom. The van der Waals surface area contributed by atoms with E-state index >= 15 is 0 Å². The summed E-state index contributed by atoms with van der Waals surface area (Å²) in [4.78, 5) is 0. The van der Waals surface area contributed by atoms with Gasteiger partial charge in [-0.05, 0) is 13.3 Å². The van der Waals surface area contributed by atoms with Crippen LogP contribution in [0.3, 0.4) is 0 Å². The molecule has 3 unspecified atom stereocenters. The van der Waals surface area contributed by atoms with E-state index in [9.17, 15) is 0 Å². The van der Waals surface area contributed by atoms with E-state index in [0.717, 1.165) is 6.42 Å². The highest BCUT2D eigenvalue weighted by atomic mass is 16.8. The Kier molecular flexibility index (Phi) is 1.10. The smallest absolute Gasteiger partial charge is 0.188 e. The Morgan fingerprint density at radius 3 is 3.22 bits per heavy atom. The number of fused-ring (bicyclic) bond motifs is 1. The lowest BCUT2D eigenvalue weighted by Crippen LogP contribution is -2.08. The van der Waals surface area contributed by atoms with Crippen LogP contribution in [0.15, 0.2) is 12.2 Å². The maximum Gasteiger partial charge on any atom is 0.188 e. The monoisotopic (exact) mass is 126 g/mol. The molecule has 2 nitrogen and oxygen atoms in total. The highest BCUT2D eigenvalue weighted by Gasteiger charge is 2.39. The topological polar surface area (TPSA) is 21.8 Å². The van der Waals surface area contributed by atoms with E-state index in [-0.39, 0.29) is 12.4 Å². The molecule has 2 aliphatic heterocycles. The predicted molar refractivity (Wildman–Crippen MR) is 33.0 cm³/mol. The SMILES string of the molecule is CC1CC=CC2OC2O1. The minimum atomic E-state index is 0.0822. The lowest BCUT2D eigenvalue weighted by atomic mass is 10.3. The Bertz CT molecular complexity index is 142. The van der Waals surface area contributed by atoms with E-state index in [1.54, 1.807) is 0 Å². The molecule has 3 atom stereocenters. The zero-order chi connectivity index (χ0) is 6.27. The summed E-state index contributed by atoms with van der Waals surface area (Å²) in [5.74, 6) is 0. The van der Waals surface area contributed by atoms with Gasteiger partial charge >= 0.3 is 0 Å². The third-order valence-electron chi connectivity index (χ3n) is 1.64. The summed E-state index contributed by atoms with van der Waals surface area (Å²) < 4.78 is 10.5. The van der Waals surface area contributed by atoms with Crippen molar-refractivity contribution in [3.05, 3.63) is 12.2 Å². The number of hydrogen-bond acceptors (Lipinski definition) is 2. The first-order chi connectivity index (χ1) is 4.36. The van der Waals surface area contributed by atoms with Gasteiger partial charge in [0.2, 0.25) is 0 Å². The lowest BCUT2D eigenvalue weighted by molar-refractivity contribution is 0.000674. The molecule has 9 heavy (non-hydrogen) atoms. The van der Waals surface area contributed by atoms with Gasteiger partial charge in [0.05, 0.1) is 6.10 Å². The normalized spacial score (nSPS) is 47.9. The highest BCUT2D eigenvalue weighted by molar-refractivity contribution is 5.02. The molecule has 0 aliphatic carbocycles. The van der Waals surface area contributed by atoms with Crippen molar-refractivity contribution in [2.75, 3.05) is 0 Å². The lowest BCUT2D eigenvalue weighted by Gasteiger charge is -2.05. The first-order valence-corrected chi connectivity index (χ1v) is 3.34. The van der Waals surface area contributed by atoms with Crippen molar-refractivity contribution in [2.24, 2.45) is 0 Å². The maximum atomic E-state index is 5.40. The molecule has 0 amide bonds. The summed E-state index contributed by atoms with van der Waals surface area (Å²) in [6.07, 6.45) is 5.92. The standard InChI is InChI=1S/C7H10O2/c1-5-3-2-4-6-7(8-5)9-6/h2,4-7H,3H2,1H3. The summed E-state index contributed by atoms with van der Waals surface area (Å²) in [6.45, 7) is 2.06. The van der Waals surface area contributed by atoms with Gasteiger partial charge in [0.25, 0.3) is 0 Å². The Balaban J connectivity index is 2.03. The van der Waals surface area contributed by atoms with E-state index in [1.807, 2.05) is 0 Å². The van der Waals surface area contributed by atoms with Crippen LogP contribution < -0.4 is 0 Å². The van der Waals surface area contributed by atoms with Crippen molar-refractivity contribution in [2.45, 2.75) is 31.8 Å². The van der Waals surface area contributed by atoms with Gasteiger partial charge in [0.15, 0.2) is 6.29 Å². The third kappa shape index (κ3) is 1.00. The molecule has 2 rings (SSSR count). The molecule has 0 saturated carbocycles. The Hall–Kier alpha value is -0.340. The van der Waals surface area contributed by atoms with E-state index in [1.165, 1.54) is 0 Å². The summed E-state index contributed by atoms with van der Waals surface area (Å²) >= 11 is 0. The van der Waals surface area contributed by atoms with Gasteiger partial charge in [0, 0.05) is 0 Å². The van der Waals surface area contributed by atoms with Crippen LogP contribution in [0, 0.1) is 0 Å². The number of ether oxygens (including phenoxy) is 2. The van der Waals surface area contributed by atoms with Crippen LogP contribution >= 0.6 is 0 Å². The van der Waals surface area contributed by atoms with Gasteiger partial charge in [-0.3, -0.25) is 0 Å². The summed E-state index contributed by atoms with van der Waals surface area (Å²) in [5, 5.41) is 0. The first-order valence-electron chi connectivity index (χ1n) is 3.34. The molecule has 1 saturated heterocycles. The molecule has 2 aliphatic rings. The van der Waals surface area contributed by atoms with Gasteiger partial charge in [-0.2, -0.15) is 0 Å². The van der Waals surface area contributed by atoms with Crippen LogP contribution in [-0.4, -0.2) is 18.5 Å². The second-order valence-corrected chi connectivity index (χ2v) is 2.58. The summed E-state index contributed by atoms with van der Waals surface area (Å²) in [7, 11) is 0. The van der Waals surface area contributed by atoms with Gasteiger partial charge in [0.1, 0.15) is 6.10 Å². The molecule has 0 spiro atoms. The number of rotatable bonds is 0. The first kappa shape index (κ1) is 5.45. The molecule has 0 N–H and O–H groups in total. The van der Waals surface area contributed by atoms with Crippen molar-refractivity contribution in [1.29, 1.82) is 0 Å². The second-order valence-electron chi connectivity index (χ2n) is 2.58. The molecule has 2 heterocycles. The molecule has 0 bridgehead atoms. The molecule has 50 valence electrons. The van der Waals surface area contributed by atoms with Crippen molar-refractivity contribution in [1.82, 2.24) is 0 Å². The van der Waals surface area contributed by atoms with Crippen molar-refractivity contribution in [3.63, 3.8) is 0 Å². The van der Waals surface area contributed by atoms with Crippen molar-refractivity contribution < 1.29 is 9.47 Å². The summed E-state index contributed by atoms with van der Waals surface area (Å²) in [6, 6.07) is 0. The van der Waals surface area contributed by atoms with Crippen molar-refractivity contribution >= 4 is 0 Å². The molecule has 1 fully saturated rings. The molecular formula is C7H10O2. The fourth-order valence-corrected chi connectivity index (χ4v) is 1.04. The highest BCUT2D eigenvalue weighted by Crippen LogP contribution is 2.29. The minimum Gasteiger partial charge on any atom is -0.346 e. The van der Waals surface area contributed by atoms with Crippen LogP contribution in [0.1, 0.15) is 13.3 Å². The molecule has 0 radical (unpaired) electrons. The molecule has 2 heteroatoms. The second kappa shape index (κ2) is 1.82. The van der Waals surface area contributed by atoms with Gasteiger partial charge in [-0.15, -0.1) is 0 Å². The predicted octanol–water partition coefficient (Wildman–Crippen LogP) is 1.08. The molecule has 0 aromatic carbocycles. The Morgan fingerprint density at radius 2 is 2.33 bits per heavy atom. The number of hydrogen-bond donors (Lipinski definition) is 0.